The Labute approximate surface area is 206 Å². The van der Waals surface area contributed by atoms with Crippen LogP contribution in [0, 0.1) is 5.82 Å². The van der Waals surface area contributed by atoms with Crippen molar-refractivity contribution in [1.29, 1.82) is 0 Å². The van der Waals surface area contributed by atoms with Crippen molar-refractivity contribution in [2.75, 3.05) is 18.8 Å². The largest absolute Gasteiger partial charge is 0.383 e. The highest BCUT2D eigenvalue weighted by molar-refractivity contribution is 5.98. The van der Waals surface area contributed by atoms with Crippen molar-refractivity contribution in [3.8, 4) is 11.3 Å². The van der Waals surface area contributed by atoms with Gasteiger partial charge in [0.05, 0.1) is 17.6 Å². The first-order chi connectivity index (χ1) is 17.4. The summed E-state index contributed by atoms with van der Waals surface area (Å²) in [7, 11) is 0. The molecule has 2 amide bonds. The van der Waals surface area contributed by atoms with Gasteiger partial charge >= 0.3 is 0 Å². The number of nitrogens with zero attached hydrogens (tertiary/aromatic N) is 6. The van der Waals surface area contributed by atoms with E-state index in [0.29, 0.717) is 29.1 Å². The lowest BCUT2D eigenvalue weighted by atomic mass is 10.1. The number of pyridine rings is 1. The monoisotopic (exact) mass is 488 g/mol. The summed E-state index contributed by atoms with van der Waals surface area (Å²) in [6, 6.07) is 10.1. The second-order valence-electron chi connectivity index (χ2n) is 8.75. The molecular formula is C25H25FN8O2. The molecule has 0 unspecified atom stereocenters. The number of likely N-dealkylation sites (tertiary alicyclic amines) is 1. The van der Waals surface area contributed by atoms with E-state index in [0.717, 1.165) is 36.7 Å². The van der Waals surface area contributed by atoms with Crippen molar-refractivity contribution >= 4 is 28.7 Å². The van der Waals surface area contributed by atoms with Crippen molar-refractivity contribution in [1.82, 2.24) is 34.9 Å². The van der Waals surface area contributed by atoms with Crippen LogP contribution in [0.25, 0.3) is 22.3 Å². The van der Waals surface area contributed by atoms with Crippen LogP contribution in [0.3, 0.4) is 0 Å². The molecule has 0 saturated carbocycles. The van der Waals surface area contributed by atoms with Gasteiger partial charge in [0.25, 0.3) is 5.91 Å². The fourth-order valence-corrected chi connectivity index (χ4v) is 4.46. The number of carbonyl (C=O) groups is 2. The van der Waals surface area contributed by atoms with Crippen molar-refractivity contribution in [2.45, 2.75) is 32.4 Å². The zero-order valence-electron chi connectivity index (χ0n) is 19.7. The highest BCUT2D eigenvalue weighted by Crippen LogP contribution is 2.33. The van der Waals surface area contributed by atoms with Gasteiger partial charge in [-0.1, -0.05) is 24.3 Å². The van der Waals surface area contributed by atoms with Gasteiger partial charge in [0.15, 0.2) is 5.65 Å². The van der Waals surface area contributed by atoms with Crippen LogP contribution in [-0.2, 0) is 11.3 Å². The van der Waals surface area contributed by atoms with Crippen LogP contribution in [0.4, 0.5) is 10.2 Å². The number of nitrogens with two attached hydrogens (primary N) is 1. The molecule has 1 atom stereocenters. The molecule has 4 heterocycles. The zero-order chi connectivity index (χ0) is 25.2. The number of halogens is 1. The van der Waals surface area contributed by atoms with Gasteiger partial charge in [-0.15, -0.1) is 0 Å². The molecule has 1 aliphatic rings. The Bertz CT molecular complexity index is 1420. The van der Waals surface area contributed by atoms with E-state index in [1.807, 2.05) is 33.8 Å². The first-order valence-electron chi connectivity index (χ1n) is 11.6. The van der Waals surface area contributed by atoms with Crippen LogP contribution < -0.4 is 11.1 Å². The van der Waals surface area contributed by atoms with E-state index < -0.39 is 5.82 Å². The maximum Gasteiger partial charge on any atom is 0.270 e. The van der Waals surface area contributed by atoms with Gasteiger partial charge in [-0.2, -0.15) is 5.10 Å². The number of nitrogens with one attached hydrogen (secondary N) is 1. The standard InChI is InChI=1S/C25H25FN8O2/c1-15(35)33-10-2-3-19(13-33)34-24-21(23(27)30-14-31-24)22(32-34)17-6-4-16(5-7-17)11-29-25(36)20-9-8-18(26)12-28-20/h4-9,12,14,19H,2-3,10-11,13H2,1H3,(H,29,36)(H2,27,30,31)/t19-/m1/s1. The van der Waals surface area contributed by atoms with Crippen molar-refractivity contribution in [3.63, 3.8) is 0 Å². The molecule has 184 valence electrons. The van der Waals surface area contributed by atoms with Crippen LogP contribution in [0.5, 0.6) is 0 Å². The summed E-state index contributed by atoms with van der Waals surface area (Å²) in [5.74, 6) is -0.504. The zero-order valence-corrected chi connectivity index (χ0v) is 19.7. The molecule has 0 aliphatic carbocycles. The minimum absolute atomic E-state index is 0.0113. The van der Waals surface area contributed by atoms with Crippen LogP contribution in [0.15, 0.2) is 48.9 Å². The Balaban J connectivity index is 1.39. The quantitative estimate of drug-likeness (QED) is 0.441. The van der Waals surface area contributed by atoms with Crippen LogP contribution in [0.1, 0.15) is 41.9 Å². The number of hydrogen-bond donors (Lipinski definition) is 2. The lowest BCUT2D eigenvalue weighted by Crippen LogP contribution is -2.39. The van der Waals surface area contributed by atoms with Gasteiger partial charge in [0.2, 0.25) is 5.91 Å². The van der Waals surface area contributed by atoms with Crippen molar-refractivity contribution in [3.05, 3.63) is 66.0 Å². The molecule has 4 aromatic rings. The number of rotatable bonds is 5. The van der Waals surface area contributed by atoms with E-state index >= 15 is 0 Å². The van der Waals surface area contributed by atoms with Gasteiger partial charge in [-0.25, -0.2) is 24.0 Å². The highest BCUT2D eigenvalue weighted by Gasteiger charge is 2.27. The lowest BCUT2D eigenvalue weighted by Gasteiger charge is -2.32. The summed E-state index contributed by atoms with van der Waals surface area (Å²) in [6.45, 7) is 3.16. The predicted molar refractivity (Wildman–Crippen MR) is 131 cm³/mol. The SMILES string of the molecule is CC(=O)N1CCC[C@@H](n2nc(-c3ccc(CNC(=O)c4ccc(F)cn4)cc3)c3c(N)ncnc32)C1. The summed E-state index contributed by atoms with van der Waals surface area (Å²) >= 11 is 0. The molecule has 3 aromatic heterocycles. The molecular weight excluding hydrogens is 463 g/mol. The lowest BCUT2D eigenvalue weighted by molar-refractivity contribution is -0.130. The number of piperidine rings is 1. The van der Waals surface area contributed by atoms with Gasteiger partial charge in [-0.05, 0) is 30.5 Å². The molecule has 1 saturated heterocycles. The van der Waals surface area contributed by atoms with E-state index in [2.05, 4.69) is 20.3 Å². The van der Waals surface area contributed by atoms with Crippen LogP contribution in [-0.4, -0.2) is 54.5 Å². The number of aromatic nitrogens is 5. The van der Waals surface area contributed by atoms with E-state index in [1.165, 1.54) is 18.5 Å². The Morgan fingerprint density at radius 2 is 1.94 bits per heavy atom. The summed E-state index contributed by atoms with van der Waals surface area (Å²) < 4.78 is 14.9. The molecule has 0 spiro atoms. The minimum atomic E-state index is -0.497. The van der Waals surface area contributed by atoms with Crippen molar-refractivity contribution in [2.24, 2.45) is 0 Å². The third-order valence-electron chi connectivity index (χ3n) is 6.35. The maximum atomic E-state index is 13.0. The molecule has 0 radical (unpaired) electrons. The molecule has 1 fully saturated rings. The Hall–Kier alpha value is -4.41. The van der Waals surface area contributed by atoms with Gasteiger partial charge in [0.1, 0.15) is 29.4 Å². The van der Waals surface area contributed by atoms with Crippen LogP contribution in [0.2, 0.25) is 0 Å². The number of nitrogen functional groups attached to an aromatic ring is 1. The third kappa shape index (κ3) is 4.59. The summed E-state index contributed by atoms with van der Waals surface area (Å²) in [4.78, 5) is 38.5. The van der Waals surface area contributed by atoms with Crippen molar-refractivity contribution < 1.29 is 14.0 Å². The molecule has 1 aliphatic heterocycles. The van der Waals surface area contributed by atoms with E-state index in [9.17, 15) is 14.0 Å². The third-order valence-corrected chi connectivity index (χ3v) is 6.35. The smallest absolute Gasteiger partial charge is 0.270 e. The molecule has 11 heteroatoms. The molecule has 10 nitrogen and oxygen atoms in total. The molecule has 5 rings (SSSR count). The predicted octanol–water partition coefficient (Wildman–Crippen LogP) is 2.72. The highest BCUT2D eigenvalue weighted by atomic mass is 19.1. The number of anilines is 1. The second kappa shape index (κ2) is 9.68. The molecule has 0 bridgehead atoms. The van der Waals surface area contributed by atoms with Crippen LogP contribution >= 0.6 is 0 Å². The number of carbonyl (C=O) groups excluding carboxylic acids is 2. The topological polar surface area (TPSA) is 132 Å². The number of fused-ring (bicyclic) bond motifs is 1. The Kier molecular flexibility index (Phi) is 6.28. The normalized spacial score (nSPS) is 15.7. The summed E-state index contributed by atoms with van der Waals surface area (Å²) in [6.07, 6.45) is 4.20. The van der Waals surface area contributed by atoms with Gasteiger partial charge in [-0.3, -0.25) is 9.59 Å². The summed E-state index contributed by atoms with van der Waals surface area (Å²) in [5, 5.41) is 8.32. The second-order valence-corrected chi connectivity index (χ2v) is 8.75. The number of benzene rings is 1. The fourth-order valence-electron chi connectivity index (χ4n) is 4.46. The average Bonchev–Trinajstić information content (AvgIpc) is 3.29. The summed E-state index contributed by atoms with van der Waals surface area (Å²) in [5.41, 5.74) is 9.38. The van der Waals surface area contributed by atoms with E-state index in [1.54, 1.807) is 6.92 Å². The molecule has 1 aromatic carbocycles. The molecule has 3 N–H and O–H groups in total. The Morgan fingerprint density at radius 3 is 2.67 bits per heavy atom. The average molecular weight is 489 g/mol. The first-order valence-corrected chi connectivity index (χ1v) is 11.6. The maximum absolute atomic E-state index is 13.0. The number of hydrogen-bond acceptors (Lipinski definition) is 7. The van der Waals surface area contributed by atoms with E-state index in [4.69, 9.17) is 10.8 Å². The van der Waals surface area contributed by atoms with E-state index in [-0.39, 0.29) is 30.1 Å². The Morgan fingerprint density at radius 1 is 1.14 bits per heavy atom. The molecule has 36 heavy (non-hydrogen) atoms. The fraction of sp³-hybridized carbons (Fsp3) is 0.280. The van der Waals surface area contributed by atoms with Gasteiger partial charge < -0.3 is 16.0 Å². The van der Waals surface area contributed by atoms with Gasteiger partial charge in [0, 0.05) is 32.1 Å². The number of amides is 2. The first kappa shape index (κ1) is 23.3. The minimum Gasteiger partial charge on any atom is -0.383 e.